The third-order valence-corrected chi connectivity index (χ3v) is 12.2. The molecule has 0 aromatic rings. The largest absolute Gasteiger partial charge is 0.459 e. The van der Waals surface area contributed by atoms with E-state index in [1.165, 1.54) is 14.0 Å². The molecular formula is C38H72N2O12. The zero-order valence-electron chi connectivity index (χ0n) is 34.2. The molecule has 3 aliphatic rings. The van der Waals surface area contributed by atoms with Gasteiger partial charge in [0.05, 0.1) is 41.5 Å². The third-order valence-electron chi connectivity index (χ3n) is 12.2. The first-order valence-corrected chi connectivity index (χ1v) is 19.1. The molecule has 0 radical (unpaired) electrons. The van der Waals surface area contributed by atoms with Gasteiger partial charge >= 0.3 is 5.97 Å². The number of ether oxygens (including phenoxy) is 6. The molecule has 0 saturated carbocycles. The lowest BCUT2D eigenvalue weighted by Gasteiger charge is -2.48. The molecule has 0 bridgehead atoms. The van der Waals surface area contributed by atoms with Gasteiger partial charge in [0.25, 0.3) is 0 Å². The first-order chi connectivity index (χ1) is 23.9. The predicted molar refractivity (Wildman–Crippen MR) is 194 cm³/mol. The zero-order chi connectivity index (χ0) is 39.7. The highest BCUT2D eigenvalue weighted by molar-refractivity contribution is 5.73. The van der Waals surface area contributed by atoms with Crippen LogP contribution in [0, 0.1) is 17.8 Å². The number of likely N-dealkylation sites (N-methyl/N-ethyl adjacent to an activating group) is 2. The number of carbonyl (C=O) groups is 1. The molecular weight excluding hydrogens is 676 g/mol. The summed E-state index contributed by atoms with van der Waals surface area (Å²) in [7, 11) is 7.12. The van der Waals surface area contributed by atoms with Crippen LogP contribution in [0.1, 0.15) is 94.9 Å². The fraction of sp³-hybridized carbons (Fsp3) is 0.974. The maximum absolute atomic E-state index is 14.2. The number of cyclic esters (lactones) is 1. The molecule has 14 heteroatoms. The minimum atomic E-state index is -1.80. The van der Waals surface area contributed by atoms with Crippen molar-refractivity contribution in [3.63, 3.8) is 0 Å². The van der Waals surface area contributed by atoms with E-state index in [9.17, 15) is 30.3 Å². The van der Waals surface area contributed by atoms with Crippen molar-refractivity contribution >= 4 is 5.97 Å². The Balaban J connectivity index is 2.17. The average Bonchev–Trinajstić information content (AvgIpc) is 3.05. The lowest BCUT2D eigenvalue weighted by atomic mass is 9.77. The Morgan fingerprint density at radius 2 is 1.56 bits per heavy atom. The normalized spacial score (nSPS) is 49.6. The first-order valence-electron chi connectivity index (χ1n) is 19.1. The van der Waals surface area contributed by atoms with Gasteiger partial charge in [-0.2, -0.15) is 0 Å². The van der Waals surface area contributed by atoms with Gasteiger partial charge in [-0.15, -0.1) is 0 Å². The SMILES string of the molecule is CCC1OC(=O)C(C)C(O[C@@H]2C[C@@](C)(OC)[C@@H](O)[C@H](C)O2)C(C)C(O[C@@H]2O[C@H](C)C[C@H](N(C)C)[C@H]2O)C(C)(O)CC(C)CN(C)C(C)C(O)C1(C)O. The van der Waals surface area contributed by atoms with E-state index in [2.05, 4.69) is 0 Å². The summed E-state index contributed by atoms with van der Waals surface area (Å²) in [6.45, 7) is 18.0. The van der Waals surface area contributed by atoms with Crippen molar-refractivity contribution < 1.29 is 58.7 Å². The van der Waals surface area contributed by atoms with Gasteiger partial charge in [-0.05, 0) is 94.8 Å². The van der Waals surface area contributed by atoms with Crippen LogP contribution in [0.25, 0.3) is 0 Å². The Kier molecular flexibility index (Phi) is 15.6. The molecule has 5 N–H and O–H groups in total. The van der Waals surface area contributed by atoms with Gasteiger partial charge in [-0.25, -0.2) is 0 Å². The average molecular weight is 749 g/mol. The third kappa shape index (κ3) is 10.0. The van der Waals surface area contributed by atoms with Gasteiger partial charge in [0, 0.05) is 38.1 Å². The summed E-state index contributed by atoms with van der Waals surface area (Å²) in [4.78, 5) is 18.0. The van der Waals surface area contributed by atoms with Crippen molar-refractivity contribution in [3.8, 4) is 0 Å². The molecule has 0 aromatic carbocycles. The second kappa shape index (κ2) is 17.8. The molecule has 3 rings (SSSR count). The molecule has 0 aromatic heterocycles. The summed E-state index contributed by atoms with van der Waals surface area (Å²) < 4.78 is 37.5. The Labute approximate surface area is 312 Å². The second-order valence-electron chi connectivity index (χ2n) is 17.2. The van der Waals surface area contributed by atoms with E-state index < -0.39 is 96.0 Å². The summed E-state index contributed by atoms with van der Waals surface area (Å²) >= 11 is 0. The molecule has 306 valence electrons. The summed E-state index contributed by atoms with van der Waals surface area (Å²) in [6.07, 6.45) is -8.19. The number of hydrogen-bond acceptors (Lipinski definition) is 14. The minimum Gasteiger partial charge on any atom is -0.459 e. The summed E-state index contributed by atoms with van der Waals surface area (Å²) in [6, 6.07) is -0.808. The fourth-order valence-corrected chi connectivity index (χ4v) is 8.74. The predicted octanol–water partition coefficient (Wildman–Crippen LogP) is 1.90. The van der Waals surface area contributed by atoms with Crippen molar-refractivity contribution in [1.82, 2.24) is 9.80 Å². The van der Waals surface area contributed by atoms with Crippen LogP contribution in [0.15, 0.2) is 0 Å². The van der Waals surface area contributed by atoms with Crippen molar-refractivity contribution in [1.29, 1.82) is 0 Å². The number of nitrogens with zero attached hydrogens (tertiary/aromatic N) is 2. The van der Waals surface area contributed by atoms with Crippen LogP contribution in [-0.2, 0) is 33.2 Å². The highest BCUT2D eigenvalue weighted by atomic mass is 16.7. The topological polar surface area (TPSA) is 180 Å². The number of carbonyl (C=O) groups excluding carboxylic acids is 1. The molecule has 10 unspecified atom stereocenters. The quantitative estimate of drug-likeness (QED) is 0.238. The molecule has 3 heterocycles. The highest BCUT2D eigenvalue weighted by Gasteiger charge is 2.52. The van der Waals surface area contributed by atoms with E-state index in [0.717, 1.165) is 0 Å². The van der Waals surface area contributed by atoms with Crippen molar-refractivity contribution in [2.24, 2.45) is 17.8 Å². The Bertz CT molecular complexity index is 1140. The number of aliphatic hydroxyl groups is 5. The summed E-state index contributed by atoms with van der Waals surface area (Å²) in [5.41, 5.74) is -4.37. The van der Waals surface area contributed by atoms with Gasteiger partial charge in [0.15, 0.2) is 12.6 Å². The van der Waals surface area contributed by atoms with E-state index in [4.69, 9.17) is 28.4 Å². The monoisotopic (exact) mass is 749 g/mol. The molecule has 14 nitrogen and oxygen atoms in total. The minimum absolute atomic E-state index is 0.133. The Morgan fingerprint density at radius 3 is 2.12 bits per heavy atom. The number of esters is 1. The van der Waals surface area contributed by atoms with E-state index in [0.29, 0.717) is 13.0 Å². The molecule has 0 amide bonds. The van der Waals surface area contributed by atoms with Crippen molar-refractivity contribution in [3.05, 3.63) is 0 Å². The van der Waals surface area contributed by atoms with Gasteiger partial charge < -0.3 is 63.8 Å². The molecule has 18 atom stereocenters. The van der Waals surface area contributed by atoms with E-state index in [1.54, 1.807) is 41.5 Å². The molecule has 3 aliphatic heterocycles. The Morgan fingerprint density at radius 1 is 0.942 bits per heavy atom. The van der Waals surface area contributed by atoms with Crippen LogP contribution >= 0.6 is 0 Å². The smallest absolute Gasteiger partial charge is 0.311 e. The van der Waals surface area contributed by atoms with E-state index in [1.807, 2.05) is 51.7 Å². The van der Waals surface area contributed by atoms with Crippen LogP contribution in [-0.4, -0.2) is 166 Å². The first kappa shape index (κ1) is 45.4. The highest BCUT2D eigenvalue weighted by Crippen LogP contribution is 2.40. The number of rotatable bonds is 7. The molecule has 0 aliphatic carbocycles. The van der Waals surface area contributed by atoms with Gasteiger partial charge in [0.1, 0.15) is 30.0 Å². The van der Waals surface area contributed by atoms with Crippen molar-refractivity contribution in [2.45, 2.75) is 185 Å². The zero-order valence-corrected chi connectivity index (χ0v) is 34.2. The maximum Gasteiger partial charge on any atom is 0.311 e. The van der Waals surface area contributed by atoms with Gasteiger partial charge in [0.2, 0.25) is 0 Å². The van der Waals surface area contributed by atoms with Crippen molar-refractivity contribution in [2.75, 3.05) is 34.8 Å². The standard InChI is InChI=1S/C38H72N2O12/c1-15-27-38(10,46)31(42)24(6)40(13)19-20(2)17-36(8,45)33(52-35-29(41)26(39(11)12)16-21(3)48-35)22(4)30(23(5)34(44)50-27)51-28-18-37(9,47-14)32(43)25(7)49-28/h20-33,35,41-43,45-46H,15-19H2,1-14H3/t20?,21-,22?,23?,24?,25+,26+,27?,28-,29-,30?,31?,32+,33?,35+,36?,37-,38?/m1/s1. The van der Waals surface area contributed by atoms with Gasteiger partial charge in [-0.1, -0.05) is 20.8 Å². The maximum atomic E-state index is 14.2. The van der Waals surface area contributed by atoms with Crippen LogP contribution < -0.4 is 0 Å². The summed E-state index contributed by atoms with van der Waals surface area (Å²) in [5.74, 6) is -2.58. The summed E-state index contributed by atoms with van der Waals surface area (Å²) in [5, 5.41) is 58.1. The number of hydrogen-bond donors (Lipinski definition) is 5. The van der Waals surface area contributed by atoms with Crippen LogP contribution in [0.3, 0.4) is 0 Å². The Hall–Kier alpha value is -1.01. The van der Waals surface area contributed by atoms with E-state index >= 15 is 0 Å². The second-order valence-corrected chi connectivity index (χ2v) is 17.2. The molecule has 3 saturated heterocycles. The fourth-order valence-electron chi connectivity index (χ4n) is 8.74. The molecule has 3 fully saturated rings. The van der Waals surface area contributed by atoms with E-state index in [-0.39, 0.29) is 37.3 Å². The number of methoxy groups -OCH3 is 1. The van der Waals surface area contributed by atoms with Crippen LogP contribution in [0.5, 0.6) is 0 Å². The molecule has 52 heavy (non-hydrogen) atoms. The lowest BCUT2D eigenvalue weighted by molar-refractivity contribution is -0.318. The molecule has 0 spiro atoms. The van der Waals surface area contributed by atoms with Crippen LogP contribution in [0.2, 0.25) is 0 Å². The van der Waals surface area contributed by atoms with Gasteiger partial charge in [-0.3, -0.25) is 4.79 Å². The number of aliphatic hydroxyl groups excluding tert-OH is 3. The lowest BCUT2D eigenvalue weighted by Crippen LogP contribution is -2.60. The van der Waals surface area contributed by atoms with Crippen LogP contribution in [0.4, 0.5) is 0 Å².